The summed E-state index contributed by atoms with van der Waals surface area (Å²) >= 11 is 3.09. The molecule has 2 heterocycles. The molecule has 8 heteroatoms. The fourth-order valence-electron chi connectivity index (χ4n) is 1.62. The van der Waals surface area contributed by atoms with Gasteiger partial charge in [0.05, 0.1) is 0 Å². The number of hydrogen-bond acceptors (Lipinski definition) is 6. The molecule has 4 N–H and O–H groups in total. The summed E-state index contributed by atoms with van der Waals surface area (Å²) in [6.07, 6.45) is 1.72. The van der Waals surface area contributed by atoms with Gasteiger partial charge in [-0.25, -0.2) is 0 Å². The Balaban J connectivity index is 2.01. The Morgan fingerprint density at radius 2 is 1.28 bits per heavy atom. The highest BCUT2D eigenvalue weighted by molar-refractivity contribution is 7.15. The Bertz CT molecular complexity index is 484. The van der Waals surface area contributed by atoms with Gasteiger partial charge in [0.15, 0.2) is 0 Å². The molecule has 0 amide bonds. The maximum atomic E-state index is 5.85. The molecule has 2 aromatic rings. The molecule has 0 atom stereocenters. The van der Waals surface area contributed by atoms with Crippen LogP contribution in [-0.4, -0.2) is 10.2 Å². The van der Waals surface area contributed by atoms with Gasteiger partial charge in [0.25, 0.3) is 0 Å². The van der Waals surface area contributed by atoms with Crippen molar-refractivity contribution in [3.05, 3.63) is 10.0 Å². The molecule has 0 aromatic carbocycles. The van der Waals surface area contributed by atoms with Crippen molar-refractivity contribution < 1.29 is 9.36 Å². The van der Waals surface area contributed by atoms with Gasteiger partial charge in [0.1, 0.15) is 23.1 Å². The average molecular weight is 286 g/mol. The Labute approximate surface area is 114 Å². The zero-order valence-electron chi connectivity index (χ0n) is 10.6. The molecule has 0 aliphatic carbocycles. The SMILES string of the molecule is CC[n+]1nc(CCc2n[n+](CC)c(N)s2)sc1N. The normalized spacial score (nSPS) is 11.0. The predicted molar refractivity (Wildman–Crippen MR) is 72.2 cm³/mol. The van der Waals surface area contributed by atoms with Gasteiger partial charge in [0.2, 0.25) is 0 Å². The topological polar surface area (TPSA) is 85.6 Å². The molecule has 0 saturated heterocycles. The number of aromatic nitrogens is 4. The molecule has 0 aliphatic rings. The van der Waals surface area contributed by atoms with Crippen LogP contribution in [0.25, 0.3) is 0 Å². The van der Waals surface area contributed by atoms with Crippen LogP contribution in [0.4, 0.5) is 10.3 Å². The molecule has 98 valence electrons. The Morgan fingerprint density at radius 1 is 0.889 bits per heavy atom. The first kappa shape index (κ1) is 13.2. The highest BCUT2D eigenvalue weighted by Crippen LogP contribution is 2.15. The van der Waals surface area contributed by atoms with Crippen LogP contribution in [0.1, 0.15) is 23.9 Å². The standard InChI is InChI=1S/C10H16N6S2/c1-3-15-9(11)17-7(13-15)5-6-8-14-16(4-2)10(12)18-8/h11-12H,3-6H2,1-2H3/p+2. The summed E-state index contributed by atoms with van der Waals surface area (Å²) in [4.78, 5) is 0. The van der Waals surface area contributed by atoms with Gasteiger partial charge in [0, 0.05) is 12.8 Å². The van der Waals surface area contributed by atoms with Crippen molar-refractivity contribution in [2.75, 3.05) is 11.5 Å². The molecule has 0 saturated carbocycles. The van der Waals surface area contributed by atoms with Gasteiger partial charge < -0.3 is 0 Å². The molecular formula is C10H18N6S2+2. The average Bonchev–Trinajstić information content (AvgIpc) is 2.89. The first-order chi connectivity index (χ1) is 8.63. The number of aryl methyl sites for hydroxylation is 4. The highest BCUT2D eigenvalue weighted by Gasteiger charge is 2.15. The molecule has 2 aromatic heterocycles. The minimum absolute atomic E-state index is 0.759. The van der Waals surface area contributed by atoms with Crippen LogP contribution in [0.5, 0.6) is 0 Å². The van der Waals surface area contributed by atoms with E-state index < -0.39 is 0 Å². The lowest BCUT2D eigenvalue weighted by Crippen LogP contribution is -2.37. The maximum absolute atomic E-state index is 5.85. The van der Waals surface area contributed by atoms with E-state index in [1.807, 2.05) is 23.2 Å². The van der Waals surface area contributed by atoms with Crippen LogP contribution in [0.15, 0.2) is 0 Å². The number of anilines is 2. The van der Waals surface area contributed by atoms with Crippen LogP contribution >= 0.6 is 22.7 Å². The summed E-state index contributed by atoms with van der Waals surface area (Å²) in [6.45, 7) is 5.68. The van der Waals surface area contributed by atoms with E-state index in [-0.39, 0.29) is 0 Å². The van der Waals surface area contributed by atoms with Crippen LogP contribution in [0.2, 0.25) is 0 Å². The van der Waals surface area contributed by atoms with Crippen molar-refractivity contribution in [1.82, 2.24) is 10.2 Å². The minimum Gasteiger partial charge on any atom is -0.276 e. The van der Waals surface area contributed by atoms with Gasteiger partial charge in [-0.1, -0.05) is 10.2 Å². The van der Waals surface area contributed by atoms with Crippen molar-refractivity contribution >= 4 is 32.9 Å². The lowest BCUT2D eigenvalue weighted by Gasteiger charge is -1.89. The Hall–Kier alpha value is -1.28. The summed E-state index contributed by atoms with van der Waals surface area (Å²) in [7, 11) is 0. The molecule has 0 aliphatic heterocycles. The van der Waals surface area contributed by atoms with Crippen LogP contribution in [0, 0.1) is 0 Å². The molecule has 0 spiro atoms. The quantitative estimate of drug-likeness (QED) is 0.767. The maximum Gasteiger partial charge on any atom is 0.354 e. The second kappa shape index (κ2) is 5.57. The zero-order chi connectivity index (χ0) is 13.1. The van der Waals surface area contributed by atoms with Crippen LogP contribution < -0.4 is 20.8 Å². The van der Waals surface area contributed by atoms with Crippen molar-refractivity contribution in [3.8, 4) is 0 Å². The van der Waals surface area contributed by atoms with Crippen molar-refractivity contribution in [1.29, 1.82) is 0 Å². The summed E-state index contributed by atoms with van der Waals surface area (Å²) in [5.74, 6) is 0. The minimum atomic E-state index is 0.759. The second-order valence-electron chi connectivity index (χ2n) is 3.80. The molecule has 0 radical (unpaired) electrons. The van der Waals surface area contributed by atoms with Crippen LogP contribution in [-0.2, 0) is 25.9 Å². The molecule has 0 fully saturated rings. The van der Waals surface area contributed by atoms with Gasteiger partial charge in [-0.15, -0.1) is 9.36 Å². The van der Waals surface area contributed by atoms with Gasteiger partial charge in [-0.2, -0.15) is 0 Å². The number of nitrogens with two attached hydrogens (primary N) is 2. The molecule has 18 heavy (non-hydrogen) atoms. The summed E-state index contributed by atoms with van der Waals surface area (Å²) in [5.41, 5.74) is 11.7. The zero-order valence-corrected chi connectivity index (χ0v) is 12.2. The molecule has 0 unspecified atom stereocenters. The van der Waals surface area contributed by atoms with E-state index in [1.54, 1.807) is 22.7 Å². The molecular weight excluding hydrogens is 268 g/mol. The highest BCUT2D eigenvalue weighted by atomic mass is 32.1. The lowest BCUT2D eigenvalue weighted by molar-refractivity contribution is -0.733. The third kappa shape index (κ3) is 2.75. The largest absolute Gasteiger partial charge is 0.354 e. The summed E-state index contributed by atoms with van der Waals surface area (Å²) in [6, 6.07) is 0. The van der Waals surface area contributed by atoms with E-state index >= 15 is 0 Å². The third-order valence-electron chi connectivity index (χ3n) is 2.57. The fraction of sp³-hybridized carbons (Fsp3) is 0.600. The first-order valence-corrected chi connectivity index (χ1v) is 7.58. The third-order valence-corrected chi connectivity index (χ3v) is 4.45. The van der Waals surface area contributed by atoms with Gasteiger partial charge in [-0.3, -0.25) is 11.5 Å². The smallest absolute Gasteiger partial charge is 0.276 e. The monoisotopic (exact) mass is 286 g/mol. The fourth-order valence-corrected chi connectivity index (χ4v) is 3.34. The molecule has 2 rings (SSSR count). The lowest BCUT2D eigenvalue weighted by atomic mass is 10.3. The predicted octanol–water partition coefficient (Wildman–Crippen LogP) is 0.164. The molecule has 6 nitrogen and oxygen atoms in total. The van der Waals surface area contributed by atoms with E-state index in [4.69, 9.17) is 11.5 Å². The Morgan fingerprint density at radius 3 is 1.56 bits per heavy atom. The van der Waals surface area contributed by atoms with E-state index in [0.717, 1.165) is 46.2 Å². The van der Waals surface area contributed by atoms with E-state index in [1.165, 1.54) is 0 Å². The first-order valence-electron chi connectivity index (χ1n) is 5.94. The second-order valence-corrected chi connectivity index (χ2v) is 5.99. The van der Waals surface area contributed by atoms with Crippen molar-refractivity contribution in [2.45, 2.75) is 39.8 Å². The van der Waals surface area contributed by atoms with Crippen LogP contribution in [0.3, 0.4) is 0 Å². The van der Waals surface area contributed by atoms with E-state index in [9.17, 15) is 0 Å². The Kier molecular flexibility index (Phi) is 4.07. The van der Waals surface area contributed by atoms with E-state index in [2.05, 4.69) is 10.2 Å². The molecule has 0 bridgehead atoms. The summed E-state index contributed by atoms with van der Waals surface area (Å²) in [5, 5.41) is 12.5. The number of nitrogen functional groups attached to an aromatic ring is 2. The van der Waals surface area contributed by atoms with Crippen molar-refractivity contribution in [3.63, 3.8) is 0 Å². The van der Waals surface area contributed by atoms with Crippen molar-refractivity contribution in [2.24, 2.45) is 0 Å². The number of nitrogens with zero attached hydrogens (tertiary/aromatic N) is 4. The summed E-state index contributed by atoms with van der Waals surface area (Å²) < 4.78 is 3.64. The van der Waals surface area contributed by atoms with Gasteiger partial charge >= 0.3 is 10.3 Å². The number of hydrogen-bond donors (Lipinski definition) is 2. The van der Waals surface area contributed by atoms with E-state index in [0.29, 0.717) is 0 Å². The van der Waals surface area contributed by atoms with Gasteiger partial charge in [-0.05, 0) is 36.5 Å². The number of rotatable bonds is 5.